The van der Waals surface area contributed by atoms with E-state index in [0.717, 1.165) is 0 Å². The monoisotopic (exact) mass is 287 g/mol. The van der Waals surface area contributed by atoms with Crippen molar-refractivity contribution in [3.05, 3.63) is 46.6 Å². The zero-order valence-electron chi connectivity index (χ0n) is 10.2. The van der Waals surface area contributed by atoms with Crippen molar-refractivity contribution in [2.75, 3.05) is 5.32 Å². The summed E-state index contributed by atoms with van der Waals surface area (Å²) in [6, 6.07) is 3.32. The van der Waals surface area contributed by atoms with Crippen molar-refractivity contribution < 1.29 is 4.79 Å². The zero-order valence-corrected chi connectivity index (χ0v) is 11.0. The second-order valence-electron chi connectivity index (χ2n) is 4.00. The molecule has 7 nitrogen and oxygen atoms in total. The number of nitrogens with zero attached hydrogens (tertiary/aromatic N) is 4. The Kier molecular flexibility index (Phi) is 3.21. The molecule has 0 radical (unpaired) electrons. The highest BCUT2D eigenvalue weighted by Gasteiger charge is 2.09. The van der Waals surface area contributed by atoms with Gasteiger partial charge in [0.15, 0.2) is 0 Å². The molecular formula is C12H9N5O2S. The van der Waals surface area contributed by atoms with E-state index in [1.807, 2.05) is 0 Å². The summed E-state index contributed by atoms with van der Waals surface area (Å²) < 4.78 is 1.28. The van der Waals surface area contributed by atoms with Crippen LogP contribution in [0.4, 0.5) is 5.69 Å². The number of rotatable bonds is 3. The minimum Gasteiger partial charge on any atom is -0.323 e. The Morgan fingerprint density at radius 3 is 3.05 bits per heavy atom. The maximum atomic E-state index is 12.1. The van der Waals surface area contributed by atoms with Crippen LogP contribution < -0.4 is 10.9 Å². The van der Waals surface area contributed by atoms with E-state index < -0.39 is 0 Å². The van der Waals surface area contributed by atoms with Gasteiger partial charge in [0.25, 0.3) is 5.56 Å². The van der Waals surface area contributed by atoms with Crippen molar-refractivity contribution in [2.24, 2.45) is 0 Å². The van der Waals surface area contributed by atoms with Crippen LogP contribution >= 0.6 is 11.3 Å². The number of amides is 1. The molecule has 3 aromatic heterocycles. The summed E-state index contributed by atoms with van der Waals surface area (Å²) >= 11 is 1.39. The molecule has 0 bridgehead atoms. The molecule has 100 valence electrons. The first kappa shape index (κ1) is 12.4. The maximum absolute atomic E-state index is 12.1. The molecule has 0 saturated carbocycles. The van der Waals surface area contributed by atoms with E-state index in [0.29, 0.717) is 15.9 Å². The third-order valence-electron chi connectivity index (χ3n) is 2.63. The van der Waals surface area contributed by atoms with Crippen molar-refractivity contribution in [2.45, 2.75) is 6.54 Å². The van der Waals surface area contributed by atoms with Gasteiger partial charge in [0, 0.05) is 0 Å². The van der Waals surface area contributed by atoms with Crippen LogP contribution in [0, 0.1) is 0 Å². The summed E-state index contributed by atoms with van der Waals surface area (Å²) in [5.74, 6) is -0.323. The topological polar surface area (TPSA) is 89.8 Å². The van der Waals surface area contributed by atoms with E-state index in [1.54, 1.807) is 17.5 Å². The smallest absolute Gasteiger partial charge is 0.262 e. The van der Waals surface area contributed by atoms with Crippen LogP contribution in [0.3, 0.4) is 0 Å². The van der Waals surface area contributed by atoms with E-state index in [-0.39, 0.29) is 18.0 Å². The molecule has 1 amide bonds. The highest BCUT2D eigenvalue weighted by atomic mass is 32.1. The molecule has 3 heterocycles. The molecule has 0 atom stereocenters. The van der Waals surface area contributed by atoms with Crippen LogP contribution in [-0.4, -0.2) is 25.7 Å². The van der Waals surface area contributed by atoms with Gasteiger partial charge in [-0.15, -0.1) is 11.3 Å². The summed E-state index contributed by atoms with van der Waals surface area (Å²) in [4.78, 5) is 28.8. The third-order valence-corrected chi connectivity index (χ3v) is 3.45. The Balaban J connectivity index is 1.81. The third kappa shape index (κ3) is 2.41. The van der Waals surface area contributed by atoms with Crippen LogP contribution in [0.15, 0.2) is 41.0 Å². The van der Waals surface area contributed by atoms with Crippen molar-refractivity contribution in [1.29, 1.82) is 0 Å². The van der Waals surface area contributed by atoms with Crippen LogP contribution in [0.1, 0.15) is 0 Å². The molecule has 0 saturated heterocycles. The summed E-state index contributed by atoms with van der Waals surface area (Å²) in [5.41, 5.74) is 0.307. The molecular weight excluding hydrogens is 278 g/mol. The van der Waals surface area contributed by atoms with E-state index >= 15 is 0 Å². The maximum Gasteiger partial charge on any atom is 0.262 e. The first-order valence-electron chi connectivity index (χ1n) is 5.73. The zero-order chi connectivity index (χ0) is 13.9. The minimum absolute atomic E-state index is 0.0973. The van der Waals surface area contributed by atoms with Crippen LogP contribution in [0.25, 0.3) is 10.2 Å². The number of aromatic nitrogens is 4. The van der Waals surface area contributed by atoms with Crippen molar-refractivity contribution in [3.63, 3.8) is 0 Å². The number of hydrogen-bond acceptors (Lipinski definition) is 6. The molecule has 1 N–H and O–H groups in total. The predicted molar refractivity (Wildman–Crippen MR) is 74.5 cm³/mol. The van der Waals surface area contributed by atoms with Gasteiger partial charge in [-0.25, -0.2) is 4.98 Å². The molecule has 0 aromatic carbocycles. The Labute approximate surface area is 116 Å². The lowest BCUT2D eigenvalue weighted by molar-refractivity contribution is -0.116. The van der Waals surface area contributed by atoms with Gasteiger partial charge in [-0.05, 0) is 17.5 Å². The largest absolute Gasteiger partial charge is 0.323 e. The molecule has 3 rings (SSSR count). The molecule has 3 aromatic rings. The van der Waals surface area contributed by atoms with Gasteiger partial charge < -0.3 is 5.32 Å². The molecule has 0 unspecified atom stereocenters. The van der Waals surface area contributed by atoms with Gasteiger partial charge in [-0.2, -0.15) is 10.2 Å². The molecule has 20 heavy (non-hydrogen) atoms. The van der Waals surface area contributed by atoms with E-state index in [1.165, 1.54) is 34.6 Å². The van der Waals surface area contributed by atoms with E-state index in [9.17, 15) is 9.59 Å². The van der Waals surface area contributed by atoms with E-state index in [2.05, 4.69) is 20.5 Å². The number of nitrogens with one attached hydrogen (secondary N) is 1. The first-order valence-corrected chi connectivity index (χ1v) is 6.61. The summed E-state index contributed by atoms with van der Waals surface area (Å²) in [7, 11) is 0. The molecule has 0 aliphatic rings. The fraction of sp³-hybridized carbons (Fsp3) is 0.0833. The van der Waals surface area contributed by atoms with Crippen LogP contribution in [0.2, 0.25) is 0 Å². The lowest BCUT2D eigenvalue weighted by Gasteiger charge is -2.06. The van der Waals surface area contributed by atoms with Crippen LogP contribution in [-0.2, 0) is 11.3 Å². The average Bonchev–Trinajstić information content (AvgIpc) is 2.92. The van der Waals surface area contributed by atoms with Crippen molar-refractivity contribution in [3.8, 4) is 0 Å². The van der Waals surface area contributed by atoms with Gasteiger partial charge in [0.05, 0.1) is 29.8 Å². The second-order valence-corrected chi connectivity index (χ2v) is 4.89. The molecule has 8 heteroatoms. The summed E-state index contributed by atoms with van der Waals surface area (Å²) in [6.45, 7) is -0.0973. The number of thiophene rings is 1. The van der Waals surface area contributed by atoms with E-state index in [4.69, 9.17) is 0 Å². The summed E-state index contributed by atoms with van der Waals surface area (Å²) in [5, 5.41) is 12.2. The van der Waals surface area contributed by atoms with Gasteiger partial charge in [-0.3, -0.25) is 14.2 Å². The Bertz CT molecular complexity index is 811. The summed E-state index contributed by atoms with van der Waals surface area (Å²) in [6.07, 6.45) is 4.29. The average molecular weight is 287 g/mol. The fourth-order valence-electron chi connectivity index (χ4n) is 1.73. The molecule has 0 fully saturated rings. The van der Waals surface area contributed by atoms with Gasteiger partial charge in [0.2, 0.25) is 5.91 Å². The number of carbonyl (C=O) groups is 1. The van der Waals surface area contributed by atoms with Crippen molar-refractivity contribution >= 4 is 33.1 Å². The fourth-order valence-corrected chi connectivity index (χ4v) is 2.45. The minimum atomic E-state index is -0.323. The first-order chi connectivity index (χ1) is 9.74. The Hall–Kier alpha value is -2.61. The van der Waals surface area contributed by atoms with Gasteiger partial charge in [-0.1, -0.05) is 0 Å². The second kappa shape index (κ2) is 5.17. The number of anilines is 1. The molecule has 0 spiro atoms. The normalized spacial score (nSPS) is 10.6. The quantitative estimate of drug-likeness (QED) is 0.772. The Morgan fingerprint density at radius 1 is 1.35 bits per heavy atom. The highest BCUT2D eigenvalue weighted by molar-refractivity contribution is 7.16. The standard InChI is InChI=1S/C12H9N5O2S/c18-10(16-8-1-3-14-15-5-8)6-17-7-13-11-9(12(17)19)2-4-20-11/h1-5,7H,6H2,(H,14,16,18). The van der Waals surface area contributed by atoms with Crippen molar-refractivity contribution in [1.82, 2.24) is 19.7 Å². The number of hydrogen-bond donors (Lipinski definition) is 1. The Morgan fingerprint density at radius 2 is 2.25 bits per heavy atom. The number of fused-ring (bicyclic) bond motifs is 1. The van der Waals surface area contributed by atoms with Crippen LogP contribution in [0.5, 0.6) is 0 Å². The predicted octanol–water partition coefficient (Wildman–Crippen LogP) is 0.887. The lowest BCUT2D eigenvalue weighted by Crippen LogP contribution is -2.27. The lowest BCUT2D eigenvalue weighted by atomic mass is 10.4. The van der Waals surface area contributed by atoms with Gasteiger partial charge >= 0.3 is 0 Å². The van der Waals surface area contributed by atoms with Gasteiger partial charge in [0.1, 0.15) is 11.4 Å². The number of carbonyl (C=O) groups excluding carboxylic acids is 1. The SMILES string of the molecule is O=C(Cn1cnc2sccc2c1=O)Nc1ccnnc1. The molecule has 0 aliphatic carbocycles. The molecule has 0 aliphatic heterocycles. The highest BCUT2D eigenvalue weighted by Crippen LogP contribution is 2.13.